The van der Waals surface area contributed by atoms with Crippen molar-refractivity contribution in [2.24, 2.45) is 0 Å². The average Bonchev–Trinajstić information content (AvgIpc) is 3.21. The van der Waals surface area contributed by atoms with Crippen LogP contribution in [-0.4, -0.2) is 48.4 Å². The maximum atomic E-state index is 12.4. The molecular formula is C18H16F3N5O4S. The highest BCUT2D eigenvalue weighted by Crippen LogP contribution is 2.40. The summed E-state index contributed by atoms with van der Waals surface area (Å²) in [6.45, 7) is 0. The number of anilines is 3. The Hall–Kier alpha value is -3.61. The van der Waals surface area contributed by atoms with E-state index in [-0.39, 0.29) is 11.1 Å². The number of alkyl halides is 3. The van der Waals surface area contributed by atoms with Crippen molar-refractivity contribution < 1.29 is 32.2 Å². The first-order chi connectivity index (χ1) is 14.7. The first-order valence-corrected chi connectivity index (χ1v) is 9.31. The molecule has 1 amide bonds. The maximum absolute atomic E-state index is 12.4. The molecule has 3 rings (SSSR count). The van der Waals surface area contributed by atoms with Crippen molar-refractivity contribution in [2.45, 2.75) is 6.18 Å². The van der Waals surface area contributed by atoms with Crippen molar-refractivity contribution in [1.29, 1.82) is 0 Å². The van der Waals surface area contributed by atoms with Gasteiger partial charge in [0.05, 0.1) is 31.9 Å². The summed E-state index contributed by atoms with van der Waals surface area (Å²) in [5.74, 6) is -0.619. The first kappa shape index (κ1) is 22.1. The van der Waals surface area contributed by atoms with E-state index >= 15 is 0 Å². The van der Waals surface area contributed by atoms with Crippen LogP contribution in [0.2, 0.25) is 0 Å². The molecule has 0 saturated heterocycles. The summed E-state index contributed by atoms with van der Waals surface area (Å²) in [7, 11) is 4.45. The van der Waals surface area contributed by atoms with Gasteiger partial charge >= 0.3 is 12.1 Å². The summed E-state index contributed by atoms with van der Waals surface area (Å²) in [5.41, 5.74) is 0.948. The van der Waals surface area contributed by atoms with Crippen LogP contribution < -0.4 is 24.8 Å². The lowest BCUT2D eigenvalue weighted by molar-refractivity contribution is -0.167. The molecule has 0 bridgehead atoms. The molecule has 0 aliphatic heterocycles. The van der Waals surface area contributed by atoms with Crippen LogP contribution in [0, 0.1) is 0 Å². The zero-order valence-corrected chi connectivity index (χ0v) is 17.2. The van der Waals surface area contributed by atoms with Crippen LogP contribution in [0.1, 0.15) is 0 Å². The minimum absolute atomic E-state index is 0.199. The van der Waals surface area contributed by atoms with Gasteiger partial charge in [-0.2, -0.15) is 13.2 Å². The summed E-state index contributed by atoms with van der Waals surface area (Å²) in [6.07, 6.45) is -2.23. The molecule has 2 N–H and O–H groups in total. The van der Waals surface area contributed by atoms with Crippen LogP contribution >= 0.6 is 11.3 Å². The number of benzene rings is 1. The molecule has 9 nitrogen and oxygen atoms in total. The second-order valence-corrected chi connectivity index (χ2v) is 6.82. The highest BCUT2D eigenvalue weighted by molar-refractivity contribution is 7.19. The monoisotopic (exact) mass is 455 g/mol. The van der Waals surface area contributed by atoms with Gasteiger partial charge in [0.25, 0.3) is 0 Å². The van der Waals surface area contributed by atoms with Crippen LogP contribution in [0.15, 0.2) is 30.6 Å². The van der Waals surface area contributed by atoms with E-state index in [0.717, 1.165) is 11.3 Å². The van der Waals surface area contributed by atoms with Crippen LogP contribution in [0.25, 0.3) is 10.6 Å². The van der Waals surface area contributed by atoms with E-state index in [0.29, 0.717) is 33.5 Å². The fourth-order valence-electron chi connectivity index (χ4n) is 2.46. The number of nitrogens with one attached hydrogen (secondary N) is 2. The summed E-state index contributed by atoms with van der Waals surface area (Å²) in [5, 5.41) is 4.51. The number of hydrogen-bond donors (Lipinski definition) is 2. The molecule has 164 valence electrons. The minimum atomic E-state index is -5.00. The molecule has 0 unspecified atom stereocenters. The topological polar surface area (TPSA) is 107 Å². The van der Waals surface area contributed by atoms with Gasteiger partial charge in [0.1, 0.15) is 0 Å². The van der Waals surface area contributed by atoms with E-state index in [2.05, 4.69) is 20.3 Å². The van der Waals surface area contributed by atoms with Gasteiger partial charge in [-0.3, -0.25) is 10.1 Å². The third-order valence-corrected chi connectivity index (χ3v) is 4.75. The standard InChI is InChI=1S/C18H16F3N5O4S/c1-28-11-6-9(7-12(29-2)14(11)30-3)24-16-22-5-4-10(25-16)13-8-23-17(31-13)26-15(27)18(19,20)21/h4-8H,1-3H3,(H,22,24,25)(H,23,26,27). The highest BCUT2D eigenvalue weighted by atomic mass is 32.1. The molecule has 2 heterocycles. The Morgan fingerprint density at radius 3 is 2.32 bits per heavy atom. The number of methoxy groups -OCH3 is 3. The Balaban J connectivity index is 1.83. The molecular weight excluding hydrogens is 439 g/mol. The van der Waals surface area contributed by atoms with Crippen LogP contribution in [0.5, 0.6) is 17.2 Å². The van der Waals surface area contributed by atoms with E-state index in [9.17, 15) is 18.0 Å². The number of amides is 1. The molecule has 3 aromatic rings. The van der Waals surface area contributed by atoms with E-state index in [1.54, 1.807) is 23.5 Å². The summed E-state index contributed by atoms with van der Waals surface area (Å²) >= 11 is 0.845. The van der Waals surface area contributed by atoms with Crippen molar-refractivity contribution in [1.82, 2.24) is 15.0 Å². The Morgan fingerprint density at radius 1 is 1.06 bits per heavy atom. The molecule has 0 atom stereocenters. The smallest absolute Gasteiger partial charge is 0.471 e. The molecule has 0 aliphatic rings. The number of carbonyl (C=O) groups is 1. The number of thiazole rings is 1. The molecule has 13 heteroatoms. The predicted molar refractivity (Wildman–Crippen MR) is 107 cm³/mol. The maximum Gasteiger partial charge on any atom is 0.471 e. The number of nitrogens with zero attached hydrogens (tertiary/aromatic N) is 3. The summed E-state index contributed by atoms with van der Waals surface area (Å²) in [6, 6.07) is 4.88. The third-order valence-electron chi connectivity index (χ3n) is 3.81. The van der Waals surface area contributed by atoms with Gasteiger partial charge in [-0.1, -0.05) is 11.3 Å². The zero-order chi connectivity index (χ0) is 22.6. The lowest BCUT2D eigenvalue weighted by atomic mass is 10.2. The van der Waals surface area contributed by atoms with Crippen molar-refractivity contribution in [2.75, 3.05) is 32.0 Å². The van der Waals surface area contributed by atoms with Gasteiger partial charge < -0.3 is 19.5 Å². The van der Waals surface area contributed by atoms with E-state index in [4.69, 9.17) is 14.2 Å². The second kappa shape index (κ2) is 9.04. The van der Waals surface area contributed by atoms with E-state index in [1.807, 2.05) is 0 Å². The fraction of sp³-hybridized carbons (Fsp3) is 0.222. The van der Waals surface area contributed by atoms with Gasteiger partial charge in [0.15, 0.2) is 16.6 Å². The van der Waals surface area contributed by atoms with Gasteiger partial charge in [-0.15, -0.1) is 0 Å². The van der Waals surface area contributed by atoms with E-state index in [1.165, 1.54) is 33.7 Å². The summed E-state index contributed by atoms with van der Waals surface area (Å²) < 4.78 is 53.1. The number of ether oxygens (including phenoxy) is 3. The molecule has 0 spiro atoms. The average molecular weight is 455 g/mol. The SMILES string of the molecule is COc1cc(Nc2nccc(-c3cnc(NC(=O)C(F)(F)F)s3)n2)cc(OC)c1OC. The van der Waals surface area contributed by atoms with Crippen molar-refractivity contribution in [3.8, 4) is 27.8 Å². The Bertz CT molecular complexity index is 1070. The van der Waals surface area contributed by atoms with Crippen molar-refractivity contribution >= 4 is 34.0 Å². The van der Waals surface area contributed by atoms with E-state index < -0.39 is 12.1 Å². The minimum Gasteiger partial charge on any atom is -0.493 e. The molecule has 0 aliphatic carbocycles. The van der Waals surface area contributed by atoms with Gasteiger partial charge in [0, 0.05) is 30.2 Å². The lowest BCUT2D eigenvalue weighted by Gasteiger charge is -2.14. The molecule has 31 heavy (non-hydrogen) atoms. The Labute approximate surface area is 178 Å². The number of carbonyl (C=O) groups excluding carboxylic acids is 1. The normalized spacial score (nSPS) is 11.0. The predicted octanol–water partition coefficient (Wildman–Crippen LogP) is 3.87. The van der Waals surface area contributed by atoms with Crippen LogP contribution in [0.4, 0.5) is 29.9 Å². The fourth-order valence-corrected chi connectivity index (χ4v) is 3.24. The van der Waals surface area contributed by atoms with Crippen LogP contribution in [-0.2, 0) is 4.79 Å². The largest absolute Gasteiger partial charge is 0.493 e. The molecule has 2 aromatic heterocycles. The first-order valence-electron chi connectivity index (χ1n) is 8.49. The van der Waals surface area contributed by atoms with Gasteiger partial charge in [-0.25, -0.2) is 15.0 Å². The number of halogens is 3. The van der Waals surface area contributed by atoms with Gasteiger partial charge in [0.2, 0.25) is 11.7 Å². The van der Waals surface area contributed by atoms with Crippen molar-refractivity contribution in [3.63, 3.8) is 0 Å². The molecule has 1 aromatic carbocycles. The van der Waals surface area contributed by atoms with Crippen LogP contribution in [0.3, 0.4) is 0 Å². The zero-order valence-electron chi connectivity index (χ0n) is 16.4. The second-order valence-electron chi connectivity index (χ2n) is 5.79. The number of hydrogen-bond acceptors (Lipinski definition) is 9. The quantitative estimate of drug-likeness (QED) is 0.553. The number of rotatable bonds is 7. The molecule has 0 radical (unpaired) electrons. The number of aromatic nitrogens is 3. The Kier molecular flexibility index (Phi) is 6.44. The third kappa shape index (κ3) is 5.12. The molecule has 0 saturated carbocycles. The highest BCUT2D eigenvalue weighted by Gasteiger charge is 2.39. The Morgan fingerprint density at radius 2 is 1.74 bits per heavy atom. The summed E-state index contributed by atoms with van der Waals surface area (Å²) in [4.78, 5) is 23.7. The molecule has 0 fully saturated rings. The van der Waals surface area contributed by atoms with Gasteiger partial charge in [-0.05, 0) is 6.07 Å². The van der Waals surface area contributed by atoms with Crippen molar-refractivity contribution in [3.05, 3.63) is 30.6 Å². The lowest BCUT2D eigenvalue weighted by Crippen LogP contribution is -2.29.